The minimum absolute atomic E-state index is 0.0218. The first kappa shape index (κ1) is 14.3. The molecule has 1 atom stereocenters. The quantitative estimate of drug-likeness (QED) is 0.865. The number of nitrogens with two attached hydrogens (primary N) is 1. The molecule has 19 heavy (non-hydrogen) atoms. The van der Waals surface area contributed by atoms with Gasteiger partial charge in [0.1, 0.15) is 0 Å². The summed E-state index contributed by atoms with van der Waals surface area (Å²) in [5.41, 5.74) is 6.99. The molecule has 5 heteroatoms. The zero-order valence-corrected chi connectivity index (χ0v) is 12.6. The number of hydrogen-bond donors (Lipinski definition) is 1. The van der Waals surface area contributed by atoms with Crippen molar-refractivity contribution in [3.8, 4) is 0 Å². The number of ether oxygens (including phenoxy) is 1. The van der Waals surface area contributed by atoms with Crippen LogP contribution in [0.25, 0.3) is 0 Å². The summed E-state index contributed by atoms with van der Waals surface area (Å²) in [6, 6.07) is 5.32. The Bertz CT molecular complexity index is 459. The Kier molecular flexibility index (Phi) is 4.82. The Morgan fingerprint density at radius 1 is 1.58 bits per heavy atom. The third kappa shape index (κ3) is 3.48. The molecule has 2 rings (SSSR count). The van der Waals surface area contributed by atoms with Gasteiger partial charge in [0.25, 0.3) is 5.91 Å². The van der Waals surface area contributed by atoms with E-state index in [0.717, 1.165) is 30.7 Å². The van der Waals surface area contributed by atoms with E-state index in [0.29, 0.717) is 23.7 Å². The van der Waals surface area contributed by atoms with E-state index in [1.807, 2.05) is 17.9 Å². The molecule has 0 saturated carbocycles. The molecule has 1 aromatic rings. The van der Waals surface area contributed by atoms with Gasteiger partial charge >= 0.3 is 0 Å². The molecule has 4 nitrogen and oxygen atoms in total. The number of nitrogens with zero attached hydrogens (tertiary/aromatic N) is 1. The van der Waals surface area contributed by atoms with Crippen LogP contribution in [0.15, 0.2) is 22.7 Å². The highest BCUT2D eigenvalue weighted by Crippen LogP contribution is 2.22. The van der Waals surface area contributed by atoms with Gasteiger partial charge in [0.05, 0.1) is 12.2 Å². The third-order valence-electron chi connectivity index (χ3n) is 3.39. The molecule has 1 amide bonds. The normalized spacial score (nSPS) is 18.5. The Labute approximate surface area is 122 Å². The van der Waals surface area contributed by atoms with Crippen LogP contribution in [0.5, 0.6) is 0 Å². The lowest BCUT2D eigenvalue weighted by molar-refractivity contribution is 0.0730. The summed E-state index contributed by atoms with van der Waals surface area (Å²) >= 11 is 3.41. The van der Waals surface area contributed by atoms with E-state index in [4.69, 9.17) is 10.5 Å². The lowest BCUT2D eigenvalue weighted by Crippen LogP contribution is -2.35. The van der Waals surface area contributed by atoms with Gasteiger partial charge in [0, 0.05) is 35.8 Å². The molecule has 0 aromatic heterocycles. The van der Waals surface area contributed by atoms with Crippen LogP contribution >= 0.6 is 15.9 Å². The van der Waals surface area contributed by atoms with Crippen molar-refractivity contribution in [3.63, 3.8) is 0 Å². The van der Waals surface area contributed by atoms with Gasteiger partial charge in [0.2, 0.25) is 0 Å². The molecule has 0 spiro atoms. The summed E-state index contributed by atoms with van der Waals surface area (Å²) < 4.78 is 6.15. The molecule has 104 valence electrons. The highest BCUT2D eigenvalue weighted by Gasteiger charge is 2.23. The highest BCUT2D eigenvalue weighted by atomic mass is 79.9. The maximum Gasteiger partial charge on any atom is 0.255 e. The predicted molar refractivity (Wildman–Crippen MR) is 79.1 cm³/mol. The molecule has 1 unspecified atom stereocenters. The van der Waals surface area contributed by atoms with Crippen molar-refractivity contribution in [1.82, 2.24) is 4.90 Å². The molecule has 1 aliphatic rings. The van der Waals surface area contributed by atoms with Crippen LogP contribution in [-0.4, -0.2) is 37.1 Å². The summed E-state index contributed by atoms with van der Waals surface area (Å²) in [5.74, 6) is 0.470. The van der Waals surface area contributed by atoms with Crippen molar-refractivity contribution in [3.05, 3.63) is 28.2 Å². The Morgan fingerprint density at radius 3 is 3.00 bits per heavy atom. The molecule has 1 saturated heterocycles. The smallest absolute Gasteiger partial charge is 0.255 e. The van der Waals surface area contributed by atoms with E-state index in [1.165, 1.54) is 0 Å². The zero-order chi connectivity index (χ0) is 13.8. The summed E-state index contributed by atoms with van der Waals surface area (Å²) in [6.07, 6.45) is 1.03. The molecule has 2 N–H and O–H groups in total. The van der Waals surface area contributed by atoms with Crippen LogP contribution in [0.1, 0.15) is 23.7 Å². The van der Waals surface area contributed by atoms with Crippen LogP contribution in [0.4, 0.5) is 5.69 Å². The second-order valence-corrected chi connectivity index (χ2v) is 5.67. The molecule has 0 radical (unpaired) electrons. The van der Waals surface area contributed by atoms with E-state index in [9.17, 15) is 4.79 Å². The summed E-state index contributed by atoms with van der Waals surface area (Å²) in [4.78, 5) is 14.4. The van der Waals surface area contributed by atoms with Crippen molar-refractivity contribution >= 4 is 27.5 Å². The SMILES string of the molecule is CCN(CC1CCOC1)C(=O)c1cc(N)ccc1Br. The number of amides is 1. The Hall–Kier alpha value is -1.07. The predicted octanol–water partition coefficient (Wildman–Crippen LogP) is 2.53. The van der Waals surface area contributed by atoms with Crippen LogP contribution in [-0.2, 0) is 4.74 Å². The maximum absolute atomic E-state index is 12.5. The van der Waals surface area contributed by atoms with Gasteiger partial charge in [-0.2, -0.15) is 0 Å². The fraction of sp³-hybridized carbons (Fsp3) is 0.500. The minimum atomic E-state index is 0.0218. The fourth-order valence-corrected chi connectivity index (χ4v) is 2.69. The van der Waals surface area contributed by atoms with Gasteiger partial charge in [-0.05, 0) is 47.5 Å². The van der Waals surface area contributed by atoms with Gasteiger partial charge in [0.15, 0.2) is 0 Å². The Balaban J connectivity index is 2.12. The van der Waals surface area contributed by atoms with Crippen LogP contribution in [0, 0.1) is 5.92 Å². The van der Waals surface area contributed by atoms with Gasteiger partial charge < -0.3 is 15.4 Å². The molecule has 1 fully saturated rings. The summed E-state index contributed by atoms with van der Waals surface area (Å²) in [5, 5.41) is 0. The standard InChI is InChI=1S/C14H19BrN2O2/c1-2-17(8-10-5-6-19-9-10)14(18)12-7-11(16)3-4-13(12)15/h3-4,7,10H,2,5-6,8-9,16H2,1H3. The zero-order valence-electron chi connectivity index (χ0n) is 11.1. The number of benzene rings is 1. The Morgan fingerprint density at radius 2 is 2.37 bits per heavy atom. The number of carbonyl (C=O) groups excluding carboxylic acids is 1. The molecular formula is C14H19BrN2O2. The number of anilines is 1. The largest absolute Gasteiger partial charge is 0.399 e. The molecule has 1 aromatic carbocycles. The topological polar surface area (TPSA) is 55.6 Å². The average molecular weight is 327 g/mol. The van der Waals surface area contributed by atoms with E-state index < -0.39 is 0 Å². The molecular weight excluding hydrogens is 308 g/mol. The minimum Gasteiger partial charge on any atom is -0.399 e. The van der Waals surface area contributed by atoms with Crippen molar-refractivity contribution in [2.45, 2.75) is 13.3 Å². The monoisotopic (exact) mass is 326 g/mol. The van der Waals surface area contributed by atoms with Gasteiger partial charge in [-0.25, -0.2) is 0 Å². The van der Waals surface area contributed by atoms with Crippen molar-refractivity contribution in [1.29, 1.82) is 0 Å². The fourth-order valence-electron chi connectivity index (χ4n) is 2.27. The second kappa shape index (κ2) is 6.39. The van der Waals surface area contributed by atoms with Crippen molar-refractivity contribution in [2.24, 2.45) is 5.92 Å². The number of hydrogen-bond acceptors (Lipinski definition) is 3. The van der Waals surface area contributed by atoms with E-state index >= 15 is 0 Å². The summed E-state index contributed by atoms with van der Waals surface area (Å²) in [7, 11) is 0. The number of rotatable bonds is 4. The van der Waals surface area contributed by atoms with E-state index in [-0.39, 0.29) is 5.91 Å². The van der Waals surface area contributed by atoms with Crippen LogP contribution < -0.4 is 5.73 Å². The van der Waals surface area contributed by atoms with Crippen molar-refractivity contribution in [2.75, 3.05) is 32.0 Å². The van der Waals surface area contributed by atoms with Crippen LogP contribution in [0.2, 0.25) is 0 Å². The van der Waals surface area contributed by atoms with Crippen LogP contribution in [0.3, 0.4) is 0 Å². The molecule has 1 heterocycles. The van der Waals surface area contributed by atoms with Crippen molar-refractivity contribution < 1.29 is 9.53 Å². The van der Waals surface area contributed by atoms with E-state index in [1.54, 1.807) is 12.1 Å². The van der Waals surface area contributed by atoms with E-state index in [2.05, 4.69) is 15.9 Å². The van der Waals surface area contributed by atoms with Gasteiger partial charge in [-0.1, -0.05) is 0 Å². The number of halogens is 1. The maximum atomic E-state index is 12.5. The molecule has 0 aliphatic carbocycles. The number of nitrogen functional groups attached to an aromatic ring is 1. The second-order valence-electron chi connectivity index (χ2n) is 4.81. The number of carbonyl (C=O) groups is 1. The first-order valence-corrected chi connectivity index (χ1v) is 7.33. The lowest BCUT2D eigenvalue weighted by Gasteiger charge is -2.24. The highest BCUT2D eigenvalue weighted by molar-refractivity contribution is 9.10. The third-order valence-corrected chi connectivity index (χ3v) is 4.08. The molecule has 1 aliphatic heterocycles. The molecule has 0 bridgehead atoms. The average Bonchev–Trinajstić information content (AvgIpc) is 2.91. The summed E-state index contributed by atoms with van der Waals surface area (Å²) in [6.45, 7) is 4.99. The van der Waals surface area contributed by atoms with Gasteiger partial charge in [-0.3, -0.25) is 4.79 Å². The van der Waals surface area contributed by atoms with Gasteiger partial charge in [-0.15, -0.1) is 0 Å². The first-order chi connectivity index (χ1) is 9.11. The first-order valence-electron chi connectivity index (χ1n) is 6.54. The lowest BCUT2D eigenvalue weighted by atomic mass is 10.1.